The molecule has 0 aliphatic carbocycles. The standard InChI is InChI=1S/C21H25ClN4O2/c1-23-21(25-14-16-7-2-3-9-18(16)22)24-13-15-6-4-8-17(12-15)26-20(27)19-10-5-11-28-19/h2-4,6-9,12,19H,5,10-11,13-14H2,1H3,(H,26,27)(H2,23,24,25). The molecule has 3 N–H and O–H groups in total. The van der Waals surface area contributed by atoms with Gasteiger partial charge in [0.15, 0.2) is 5.96 Å². The zero-order chi connectivity index (χ0) is 19.8. The van der Waals surface area contributed by atoms with Gasteiger partial charge >= 0.3 is 0 Å². The van der Waals surface area contributed by atoms with Crippen LogP contribution in [0, 0.1) is 0 Å². The highest BCUT2D eigenvalue weighted by molar-refractivity contribution is 6.31. The number of carbonyl (C=O) groups excluding carboxylic acids is 1. The van der Waals surface area contributed by atoms with Crippen molar-refractivity contribution in [1.82, 2.24) is 10.6 Å². The van der Waals surface area contributed by atoms with Gasteiger partial charge in [-0.1, -0.05) is 41.9 Å². The average Bonchev–Trinajstić information content (AvgIpc) is 3.25. The Morgan fingerprint density at radius 2 is 2.00 bits per heavy atom. The van der Waals surface area contributed by atoms with Gasteiger partial charge in [-0.2, -0.15) is 0 Å². The molecule has 0 bridgehead atoms. The molecule has 1 amide bonds. The average molecular weight is 401 g/mol. The molecule has 28 heavy (non-hydrogen) atoms. The number of ether oxygens (including phenoxy) is 1. The van der Waals surface area contributed by atoms with E-state index in [-0.39, 0.29) is 12.0 Å². The highest BCUT2D eigenvalue weighted by Crippen LogP contribution is 2.16. The number of halogens is 1. The molecule has 0 saturated carbocycles. The van der Waals surface area contributed by atoms with Crippen molar-refractivity contribution in [1.29, 1.82) is 0 Å². The number of benzene rings is 2. The van der Waals surface area contributed by atoms with Crippen LogP contribution in [0.4, 0.5) is 5.69 Å². The molecule has 0 spiro atoms. The summed E-state index contributed by atoms with van der Waals surface area (Å²) in [4.78, 5) is 16.4. The summed E-state index contributed by atoms with van der Waals surface area (Å²) in [6.07, 6.45) is 1.37. The summed E-state index contributed by atoms with van der Waals surface area (Å²) < 4.78 is 5.42. The summed E-state index contributed by atoms with van der Waals surface area (Å²) in [7, 11) is 1.72. The lowest BCUT2D eigenvalue weighted by Gasteiger charge is -2.14. The topological polar surface area (TPSA) is 74.8 Å². The van der Waals surface area contributed by atoms with Gasteiger partial charge in [-0.05, 0) is 42.2 Å². The number of aliphatic imine (C=N–C) groups is 1. The number of guanidine groups is 1. The maximum Gasteiger partial charge on any atom is 0.253 e. The fraction of sp³-hybridized carbons (Fsp3) is 0.333. The maximum absolute atomic E-state index is 12.2. The monoisotopic (exact) mass is 400 g/mol. The molecule has 2 aromatic carbocycles. The van der Waals surface area contributed by atoms with Crippen molar-refractivity contribution in [3.63, 3.8) is 0 Å². The van der Waals surface area contributed by atoms with E-state index >= 15 is 0 Å². The van der Waals surface area contributed by atoms with Gasteiger partial charge in [0.1, 0.15) is 6.10 Å². The van der Waals surface area contributed by atoms with Crippen LogP contribution in [0.5, 0.6) is 0 Å². The molecule has 1 unspecified atom stereocenters. The molecule has 1 heterocycles. The van der Waals surface area contributed by atoms with E-state index in [4.69, 9.17) is 16.3 Å². The van der Waals surface area contributed by atoms with Gasteiger partial charge in [-0.15, -0.1) is 0 Å². The molecule has 7 heteroatoms. The minimum absolute atomic E-state index is 0.0835. The number of rotatable bonds is 6. The van der Waals surface area contributed by atoms with Crippen LogP contribution in [0.25, 0.3) is 0 Å². The van der Waals surface area contributed by atoms with Crippen LogP contribution >= 0.6 is 11.6 Å². The lowest BCUT2D eigenvalue weighted by atomic mass is 10.2. The third kappa shape index (κ3) is 5.71. The van der Waals surface area contributed by atoms with Crippen LogP contribution < -0.4 is 16.0 Å². The van der Waals surface area contributed by atoms with E-state index in [9.17, 15) is 4.79 Å². The lowest BCUT2D eigenvalue weighted by molar-refractivity contribution is -0.124. The highest BCUT2D eigenvalue weighted by Gasteiger charge is 2.23. The first kappa shape index (κ1) is 20.2. The van der Waals surface area contributed by atoms with Crippen LogP contribution in [-0.4, -0.2) is 31.6 Å². The Morgan fingerprint density at radius 1 is 1.18 bits per heavy atom. The first-order valence-corrected chi connectivity index (χ1v) is 9.73. The Balaban J connectivity index is 1.51. The Morgan fingerprint density at radius 3 is 2.75 bits per heavy atom. The number of hydrogen-bond acceptors (Lipinski definition) is 3. The number of amides is 1. The molecule has 1 aliphatic heterocycles. The zero-order valence-corrected chi connectivity index (χ0v) is 16.6. The normalized spacial score (nSPS) is 16.6. The summed E-state index contributed by atoms with van der Waals surface area (Å²) >= 11 is 6.19. The van der Waals surface area contributed by atoms with Crippen LogP contribution in [-0.2, 0) is 22.6 Å². The van der Waals surface area contributed by atoms with Crippen molar-refractivity contribution in [3.05, 3.63) is 64.7 Å². The zero-order valence-electron chi connectivity index (χ0n) is 15.9. The maximum atomic E-state index is 12.2. The lowest BCUT2D eigenvalue weighted by Crippen LogP contribution is -2.36. The fourth-order valence-electron chi connectivity index (χ4n) is 2.99. The van der Waals surface area contributed by atoms with Crippen molar-refractivity contribution in [3.8, 4) is 0 Å². The molecule has 1 fully saturated rings. The van der Waals surface area contributed by atoms with Crippen molar-refractivity contribution in [2.45, 2.75) is 32.0 Å². The van der Waals surface area contributed by atoms with Gasteiger partial charge in [0.25, 0.3) is 5.91 Å². The number of carbonyl (C=O) groups is 1. The van der Waals surface area contributed by atoms with Crippen molar-refractivity contribution in [2.75, 3.05) is 19.0 Å². The van der Waals surface area contributed by atoms with Crippen LogP contribution in [0.3, 0.4) is 0 Å². The Bertz CT molecular complexity index is 835. The Kier molecular flexibility index (Phi) is 7.28. The van der Waals surface area contributed by atoms with E-state index < -0.39 is 0 Å². The third-order valence-corrected chi connectivity index (χ3v) is 4.87. The van der Waals surface area contributed by atoms with Crippen molar-refractivity contribution in [2.24, 2.45) is 4.99 Å². The van der Waals surface area contributed by atoms with Gasteiger partial charge in [0.05, 0.1) is 0 Å². The molecule has 148 valence electrons. The first-order chi connectivity index (χ1) is 13.7. The molecular formula is C21H25ClN4O2. The third-order valence-electron chi connectivity index (χ3n) is 4.50. The van der Waals surface area contributed by atoms with E-state index in [0.29, 0.717) is 25.7 Å². The summed E-state index contributed by atoms with van der Waals surface area (Å²) in [6.45, 7) is 1.81. The van der Waals surface area contributed by atoms with E-state index in [1.165, 1.54) is 0 Å². The van der Waals surface area contributed by atoms with Crippen molar-refractivity contribution >= 4 is 29.2 Å². The number of hydrogen-bond donors (Lipinski definition) is 3. The summed E-state index contributed by atoms with van der Waals surface area (Å²) in [5.41, 5.74) is 2.80. The smallest absolute Gasteiger partial charge is 0.253 e. The van der Waals surface area contributed by atoms with Crippen LogP contribution in [0.2, 0.25) is 5.02 Å². The van der Waals surface area contributed by atoms with Gasteiger partial charge in [-0.3, -0.25) is 9.79 Å². The molecule has 3 rings (SSSR count). The molecule has 2 aromatic rings. The number of nitrogens with zero attached hydrogens (tertiary/aromatic N) is 1. The van der Waals surface area contributed by atoms with Crippen molar-refractivity contribution < 1.29 is 9.53 Å². The number of nitrogens with one attached hydrogen (secondary N) is 3. The second kappa shape index (κ2) is 10.1. The van der Waals surface area contributed by atoms with E-state index in [1.54, 1.807) is 7.05 Å². The SMILES string of the molecule is CN=C(NCc1cccc(NC(=O)C2CCCO2)c1)NCc1ccccc1Cl. The molecule has 1 atom stereocenters. The molecule has 1 aliphatic rings. The summed E-state index contributed by atoms with van der Waals surface area (Å²) in [5.74, 6) is 0.591. The minimum atomic E-state index is -0.338. The molecule has 0 aromatic heterocycles. The largest absolute Gasteiger partial charge is 0.368 e. The minimum Gasteiger partial charge on any atom is -0.368 e. The number of anilines is 1. The van der Waals surface area contributed by atoms with Crippen LogP contribution in [0.15, 0.2) is 53.5 Å². The predicted molar refractivity (Wildman–Crippen MR) is 113 cm³/mol. The fourth-order valence-corrected chi connectivity index (χ4v) is 3.20. The van der Waals surface area contributed by atoms with E-state index in [1.807, 2.05) is 48.5 Å². The Labute approximate surface area is 170 Å². The Hall–Kier alpha value is -2.57. The summed E-state index contributed by atoms with van der Waals surface area (Å²) in [6, 6.07) is 15.4. The van der Waals surface area contributed by atoms with Gasteiger partial charge in [0, 0.05) is 37.5 Å². The van der Waals surface area contributed by atoms with Crippen LogP contribution in [0.1, 0.15) is 24.0 Å². The quantitative estimate of drug-likeness (QED) is 0.513. The van der Waals surface area contributed by atoms with E-state index in [0.717, 1.165) is 34.7 Å². The second-order valence-corrected chi connectivity index (χ2v) is 6.97. The van der Waals surface area contributed by atoms with Gasteiger partial charge in [-0.25, -0.2) is 0 Å². The van der Waals surface area contributed by atoms with E-state index in [2.05, 4.69) is 20.9 Å². The molecule has 0 radical (unpaired) electrons. The van der Waals surface area contributed by atoms with Gasteiger partial charge in [0.2, 0.25) is 0 Å². The predicted octanol–water partition coefficient (Wildman–Crippen LogP) is 3.32. The molecular weight excluding hydrogens is 376 g/mol. The molecule has 1 saturated heterocycles. The van der Waals surface area contributed by atoms with Gasteiger partial charge < -0.3 is 20.7 Å². The second-order valence-electron chi connectivity index (χ2n) is 6.56. The summed E-state index contributed by atoms with van der Waals surface area (Å²) in [5, 5.41) is 10.2. The molecule has 6 nitrogen and oxygen atoms in total. The first-order valence-electron chi connectivity index (χ1n) is 9.35. The highest BCUT2D eigenvalue weighted by atomic mass is 35.5.